The number of aromatic carboxylic acids is 1. The molecule has 92 valence electrons. The zero-order valence-electron chi connectivity index (χ0n) is 9.80. The summed E-state index contributed by atoms with van der Waals surface area (Å²) in [6.07, 6.45) is 1.44. The van der Waals surface area contributed by atoms with Crippen molar-refractivity contribution in [3.63, 3.8) is 0 Å². The second-order valence-electron chi connectivity index (χ2n) is 3.87. The van der Waals surface area contributed by atoms with Gasteiger partial charge in [-0.05, 0) is 25.7 Å². The zero-order chi connectivity index (χ0) is 12.8. The van der Waals surface area contributed by atoms with Crippen LogP contribution in [0.2, 0.25) is 0 Å². The van der Waals surface area contributed by atoms with Gasteiger partial charge in [0.25, 0.3) is 0 Å². The van der Waals surface area contributed by atoms with E-state index in [1.165, 1.54) is 12.3 Å². The fraction of sp³-hybridized carbons (Fsp3) is 0.364. The summed E-state index contributed by atoms with van der Waals surface area (Å²) in [7, 11) is 3.62. The Hall–Kier alpha value is -1.95. The van der Waals surface area contributed by atoms with Crippen LogP contribution in [0.25, 0.3) is 0 Å². The molecule has 0 aliphatic carbocycles. The van der Waals surface area contributed by atoms with Crippen LogP contribution in [0.4, 0.5) is 0 Å². The molecule has 0 atom stereocenters. The summed E-state index contributed by atoms with van der Waals surface area (Å²) in [4.78, 5) is 27.4. The predicted molar refractivity (Wildman–Crippen MR) is 61.6 cm³/mol. The molecule has 6 heteroatoms. The van der Waals surface area contributed by atoms with Gasteiger partial charge in [0.1, 0.15) is 5.69 Å². The van der Waals surface area contributed by atoms with Crippen LogP contribution in [-0.4, -0.2) is 47.5 Å². The van der Waals surface area contributed by atoms with Crippen molar-refractivity contribution < 1.29 is 14.7 Å². The maximum absolute atomic E-state index is 11.3. The quantitative estimate of drug-likeness (QED) is 0.750. The number of aromatic nitrogens is 1. The minimum Gasteiger partial charge on any atom is -0.477 e. The van der Waals surface area contributed by atoms with Crippen molar-refractivity contribution in [2.75, 3.05) is 20.6 Å². The largest absolute Gasteiger partial charge is 0.477 e. The molecule has 0 radical (unpaired) electrons. The predicted octanol–water partition coefficient (Wildman–Crippen LogP) is -0.0424. The number of hydrogen-bond acceptors (Lipinski definition) is 4. The standard InChI is InChI=1S/C11H15N3O3/c1-14(2)7-10(15)13-6-8-3-4-9(11(16)17)12-5-8/h3-5H,6-7H2,1-2H3,(H,13,15)(H,16,17). The van der Waals surface area contributed by atoms with Crippen LogP contribution in [0.15, 0.2) is 18.3 Å². The van der Waals surface area contributed by atoms with Crippen molar-refractivity contribution in [1.82, 2.24) is 15.2 Å². The van der Waals surface area contributed by atoms with E-state index >= 15 is 0 Å². The lowest BCUT2D eigenvalue weighted by Crippen LogP contribution is -2.32. The van der Waals surface area contributed by atoms with E-state index in [4.69, 9.17) is 5.11 Å². The lowest BCUT2D eigenvalue weighted by Gasteiger charge is -2.09. The Morgan fingerprint density at radius 1 is 1.41 bits per heavy atom. The number of pyridine rings is 1. The van der Waals surface area contributed by atoms with Gasteiger partial charge in [-0.25, -0.2) is 9.78 Å². The summed E-state index contributed by atoms with van der Waals surface area (Å²) in [6, 6.07) is 3.04. The highest BCUT2D eigenvalue weighted by atomic mass is 16.4. The number of amides is 1. The number of carbonyl (C=O) groups is 2. The van der Waals surface area contributed by atoms with E-state index in [1.807, 2.05) is 14.1 Å². The third-order valence-electron chi connectivity index (χ3n) is 1.99. The van der Waals surface area contributed by atoms with E-state index in [1.54, 1.807) is 11.0 Å². The molecule has 0 saturated heterocycles. The average molecular weight is 237 g/mol. The highest BCUT2D eigenvalue weighted by Gasteiger charge is 2.05. The molecule has 0 spiro atoms. The van der Waals surface area contributed by atoms with Crippen LogP contribution in [0.3, 0.4) is 0 Å². The van der Waals surface area contributed by atoms with Crippen molar-refractivity contribution >= 4 is 11.9 Å². The van der Waals surface area contributed by atoms with Crippen LogP contribution in [-0.2, 0) is 11.3 Å². The SMILES string of the molecule is CN(C)CC(=O)NCc1ccc(C(=O)O)nc1. The monoisotopic (exact) mass is 237 g/mol. The van der Waals surface area contributed by atoms with Crippen LogP contribution in [0, 0.1) is 0 Å². The number of nitrogens with one attached hydrogen (secondary N) is 1. The topological polar surface area (TPSA) is 82.5 Å². The second-order valence-corrected chi connectivity index (χ2v) is 3.87. The maximum Gasteiger partial charge on any atom is 0.354 e. The van der Waals surface area contributed by atoms with Gasteiger partial charge < -0.3 is 15.3 Å². The molecule has 0 saturated carbocycles. The van der Waals surface area contributed by atoms with Crippen molar-refractivity contribution in [3.8, 4) is 0 Å². The molecule has 1 heterocycles. The molecule has 1 rings (SSSR count). The van der Waals surface area contributed by atoms with Gasteiger partial charge >= 0.3 is 5.97 Å². The minimum absolute atomic E-state index is 0.00614. The van der Waals surface area contributed by atoms with Gasteiger partial charge in [-0.3, -0.25) is 4.79 Å². The van der Waals surface area contributed by atoms with Crippen molar-refractivity contribution in [2.24, 2.45) is 0 Å². The van der Waals surface area contributed by atoms with Crippen LogP contribution < -0.4 is 5.32 Å². The number of likely N-dealkylation sites (N-methyl/N-ethyl adjacent to an activating group) is 1. The normalized spacial score (nSPS) is 10.3. The van der Waals surface area contributed by atoms with Gasteiger partial charge in [0.2, 0.25) is 5.91 Å². The van der Waals surface area contributed by atoms with E-state index in [9.17, 15) is 9.59 Å². The molecular weight excluding hydrogens is 222 g/mol. The molecule has 17 heavy (non-hydrogen) atoms. The molecule has 1 aromatic heterocycles. The molecule has 6 nitrogen and oxygen atoms in total. The maximum atomic E-state index is 11.3. The third kappa shape index (κ3) is 4.60. The molecule has 1 amide bonds. The van der Waals surface area contributed by atoms with Crippen molar-refractivity contribution in [1.29, 1.82) is 0 Å². The molecule has 1 aromatic rings. The summed E-state index contributed by atoms with van der Waals surface area (Å²) in [5.41, 5.74) is 0.760. The van der Waals surface area contributed by atoms with Crippen LogP contribution in [0.5, 0.6) is 0 Å². The van der Waals surface area contributed by atoms with Gasteiger partial charge in [-0.1, -0.05) is 6.07 Å². The fourth-order valence-corrected chi connectivity index (χ4v) is 1.20. The highest BCUT2D eigenvalue weighted by molar-refractivity contribution is 5.85. The lowest BCUT2D eigenvalue weighted by atomic mass is 10.2. The van der Waals surface area contributed by atoms with Gasteiger partial charge in [-0.15, -0.1) is 0 Å². The molecule has 0 aliphatic heterocycles. The first kappa shape index (κ1) is 13.1. The van der Waals surface area contributed by atoms with E-state index in [2.05, 4.69) is 10.3 Å². The first-order valence-electron chi connectivity index (χ1n) is 5.08. The Labute approximate surface area is 99.3 Å². The van der Waals surface area contributed by atoms with E-state index < -0.39 is 5.97 Å². The smallest absolute Gasteiger partial charge is 0.354 e. The van der Waals surface area contributed by atoms with E-state index in [0.29, 0.717) is 13.1 Å². The Morgan fingerprint density at radius 2 is 2.12 bits per heavy atom. The average Bonchev–Trinajstić information content (AvgIpc) is 2.26. The minimum atomic E-state index is -1.06. The van der Waals surface area contributed by atoms with Gasteiger partial charge in [0.15, 0.2) is 0 Å². The number of nitrogens with zero attached hydrogens (tertiary/aromatic N) is 2. The Balaban J connectivity index is 2.47. The highest BCUT2D eigenvalue weighted by Crippen LogP contribution is 2.00. The molecular formula is C11H15N3O3. The number of carbonyl (C=O) groups excluding carboxylic acids is 1. The molecule has 0 fully saturated rings. The molecule has 2 N–H and O–H groups in total. The Kier molecular flexibility index (Phi) is 4.59. The number of hydrogen-bond donors (Lipinski definition) is 2. The fourth-order valence-electron chi connectivity index (χ4n) is 1.20. The number of carboxylic acids is 1. The van der Waals surface area contributed by atoms with Gasteiger partial charge in [0, 0.05) is 12.7 Å². The summed E-state index contributed by atoms with van der Waals surface area (Å²) in [5.74, 6) is -1.15. The van der Waals surface area contributed by atoms with Crippen molar-refractivity contribution in [2.45, 2.75) is 6.54 Å². The van der Waals surface area contributed by atoms with Crippen molar-refractivity contribution in [3.05, 3.63) is 29.6 Å². The van der Waals surface area contributed by atoms with E-state index in [0.717, 1.165) is 5.56 Å². The zero-order valence-corrected chi connectivity index (χ0v) is 9.80. The number of rotatable bonds is 5. The van der Waals surface area contributed by atoms with Gasteiger partial charge in [-0.2, -0.15) is 0 Å². The van der Waals surface area contributed by atoms with Crippen LogP contribution >= 0.6 is 0 Å². The Bertz CT molecular complexity index is 401. The van der Waals surface area contributed by atoms with E-state index in [-0.39, 0.29) is 11.6 Å². The molecule has 0 bridgehead atoms. The summed E-state index contributed by atoms with van der Waals surface area (Å²) in [5, 5.41) is 11.4. The first-order valence-corrected chi connectivity index (χ1v) is 5.08. The number of carboxylic acid groups (broad SMARTS) is 1. The summed E-state index contributed by atoms with van der Waals surface area (Å²) >= 11 is 0. The summed E-state index contributed by atoms with van der Waals surface area (Å²) < 4.78 is 0. The Morgan fingerprint density at radius 3 is 2.59 bits per heavy atom. The molecule has 0 aliphatic rings. The lowest BCUT2D eigenvalue weighted by molar-refractivity contribution is -0.121. The van der Waals surface area contributed by atoms with Gasteiger partial charge in [0.05, 0.1) is 6.54 Å². The molecule has 0 unspecified atom stereocenters. The third-order valence-corrected chi connectivity index (χ3v) is 1.99. The summed E-state index contributed by atoms with van der Waals surface area (Å²) in [6.45, 7) is 0.667. The first-order chi connectivity index (χ1) is 7.99. The second kappa shape index (κ2) is 5.95. The van der Waals surface area contributed by atoms with Crippen LogP contribution in [0.1, 0.15) is 16.1 Å². The molecule has 0 aromatic carbocycles.